The van der Waals surface area contributed by atoms with Gasteiger partial charge in [0.15, 0.2) is 0 Å². The van der Waals surface area contributed by atoms with Gasteiger partial charge in [-0.3, -0.25) is 9.47 Å². The SMILES string of the molecule is NC(=O)c1ccc(CNn2cccc2)c(F)c1. The average molecular weight is 233 g/mol. The van der Waals surface area contributed by atoms with E-state index in [1.165, 1.54) is 6.07 Å². The molecule has 2 aromatic rings. The van der Waals surface area contributed by atoms with Crippen LogP contribution in [0.15, 0.2) is 42.7 Å². The van der Waals surface area contributed by atoms with Crippen molar-refractivity contribution in [1.29, 1.82) is 0 Å². The molecule has 1 amide bonds. The predicted molar refractivity (Wildman–Crippen MR) is 62.4 cm³/mol. The van der Waals surface area contributed by atoms with Gasteiger partial charge in [-0.05, 0) is 24.3 Å². The second-order valence-corrected chi connectivity index (χ2v) is 3.60. The van der Waals surface area contributed by atoms with Gasteiger partial charge < -0.3 is 11.2 Å². The Morgan fingerprint density at radius 1 is 1.35 bits per heavy atom. The van der Waals surface area contributed by atoms with E-state index in [-0.39, 0.29) is 5.56 Å². The van der Waals surface area contributed by atoms with Crippen LogP contribution in [0.2, 0.25) is 0 Å². The summed E-state index contributed by atoms with van der Waals surface area (Å²) in [6, 6.07) is 7.93. The minimum absolute atomic E-state index is 0.173. The third-order valence-corrected chi connectivity index (χ3v) is 2.39. The molecule has 0 aliphatic rings. The Hall–Kier alpha value is -2.30. The topological polar surface area (TPSA) is 60.1 Å². The van der Waals surface area contributed by atoms with Crippen molar-refractivity contribution in [3.63, 3.8) is 0 Å². The lowest BCUT2D eigenvalue weighted by Crippen LogP contribution is -2.14. The van der Waals surface area contributed by atoms with Crippen LogP contribution in [-0.2, 0) is 6.54 Å². The fourth-order valence-corrected chi connectivity index (χ4v) is 1.46. The van der Waals surface area contributed by atoms with Crippen molar-refractivity contribution in [2.45, 2.75) is 6.54 Å². The number of benzene rings is 1. The van der Waals surface area contributed by atoms with E-state index in [0.29, 0.717) is 12.1 Å². The lowest BCUT2D eigenvalue weighted by Gasteiger charge is -2.08. The Kier molecular flexibility index (Phi) is 3.09. The highest BCUT2D eigenvalue weighted by Crippen LogP contribution is 2.10. The fourth-order valence-electron chi connectivity index (χ4n) is 1.46. The molecular weight excluding hydrogens is 221 g/mol. The van der Waals surface area contributed by atoms with E-state index in [2.05, 4.69) is 5.43 Å². The minimum atomic E-state index is -0.631. The number of aromatic nitrogens is 1. The molecule has 0 saturated heterocycles. The first-order valence-electron chi connectivity index (χ1n) is 5.12. The molecule has 88 valence electrons. The molecule has 4 nitrogen and oxygen atoms in total. The molecule has 1 heterocycles. The summed E-state index contributed by atoms with van der Waals surface area (Å²) in [6.07, 6.45) is 3.63. The van der Waals surface area contributed by atoms with E-state index in [1.807, 2.05) is 24.5 Å². The van der Waals surface area contributed by atoms with Crippen LogP contribution in [-0.4, -0.2) is 10.6 Å². The van der Waals surface area contributed by atoms with Crippen molar-refractivity contribution in [2.75, 3.05) is 5.43 Å². The largest absolute Gasteiger partial charge is 0.366 e. The molecule has 2 rings (SSSR count). The van der Waals surface area contributed by atoms with Gasteiger partial charge in [0.25, 0.3) is 0 Å². The summed E-state index contributed by atoms with van der Waals surface area (Å²) in [5.41, 5.74) is 8.70. The third-order valence-electron chi connectivity index (χ3n) is 2.39. The Bertz CT molecular complexity index is 523. The van der Waals surface area contributed by atoms with Gasteiger partial charge in [-0.2, -0.15) is 0 Å². The van der Waals surface area contributed by atoms with Gasteiger partial charge in [0.1, 0.15) is 5.82 Å². The first kappa shape index (κ1) is 11.2. The molecule has 5 heteroatoms. The summed E-state index contributed by atoms with van der Waals surface area (Å²) < 4.78 is 15.3. The zero-order valence-corrected chi connectivity index (χ0v) is 9.06. The van der Waals surface area contributed by atoms with Crippen LogP contribution in [0.4, 0.5) is 4.39 Å². The molecule has 0 bridgehead atoms. The second kappa shape index (κ2) is 4.69. The number of nitrogens with zero attached hydrogens (tertiary/aromatic N) is 1. The Labute approximate surface area is 97.8 Å². The van der Waals surface area contributed by atoms with Gasteiger partial charge in [-0.15, -0.1) is 0 Å². The van der Waals surface area contributed by atoms with Crippen molar-refractivity contribution in [1.82, 2.24) is 4.68 Å². The Morgan fingerprint density at radius 2 is 2.06 bits per heavy atom. The van der Waals surface area contributed by atoms with E-state index in [9.17, 15) is 9.18 Å². The fraction of sp³-hybridized carbons (Fsp3) is 0.0833. The number of rotatable bonds is 4. The molecule has 0 saturated carbocycles. The standard InChI is InChI=1S/C12H12FN3O/c13-11-7-9(12(14)17)3-4-10(11)8-15-16-5-1-2-6-16/h1-7,15H,8H2,(H2,14,17). The van der Waals surface area contributed by atoms with Crippen LogP contribution < -0.4 is 11.2 Å². The number of carbonyl (C=O) groups excluding carboxylic acids is 1. The van der Waals surface area contributed by atoms with E-state index in [0.717, 1.165) is 6.07 Å². The quantitative estimate of drug-likeness (QED) is 0.840. The maximum absolute atomic E-state index is 13.6. The average Bonchev–Trinajstić information content (AvgIpc) is 2.80. The minimum Gasteiger partial charge on any atom is -0.366 e. The maximum atomic E-state index is 13.6. The van der Waals surface area contributed by atoms with Crippen molar-refractivity contribution < 1.29 is 9.18 Å². The molecule has 1 aromatic carbocycles. The summed E-state index contributed by atoms with van der Waals surface area (Å²) in [4.78, 5) is 10.8. The monoisotopic (exact) mass is 233 g/mol. The third kappa shape index (κ3) is 2.63. The highest BCUT2D eigenvalue weighted by molar-refractivity contribution is 5.92. The number of primary amides is 1. The highest BCUT2D eigenvalue weighted by Gasteiger charge is 2.06. The van der Waals surface area contributed by atoms with E-state index in [1.54, 1.807) is 10.7 Å². The summed E-state index contributed by atoms with van der Waals surface area (Å²) in [5.74, 6) is -1.07. The van der Waals surface area contributed by atoms with Gasteiger partial charge in [0.2, 0.25) is 5.91 Å². The zero-order valence-electron chi connectivity index (χ0n) is 9.06. The van der Waals surface area contributed by atoms with Gasteiger partial charge in [-0.25, -0.2) is 4.39 Å². The molecule has 17 heavy (non-hydrogen) atoms. The summed E-state index contributed by atoms with van der Waals surface area (Å²) >= 11 is 0. The van der Waals surface area contributed by atoms with Crippen molar-refractivity contribution >= 4 is 5.91 Å². The first-order valence-corrected chi connectivity index (χ1v) is 5.12. The summed E-state index contributed by atoms with van der Waals surface area (Å²) in [7, 11) is 0. The normalized spacial score (nSPS) is 10.2. The van der Waals surface area contributed by atoms with Crippen molar-refractivity contribution in [3.8, 4) is 0 Å². The van der Waals surface area contributed by atoms with Crippen molar-refractivity contribution in [2.24, 2.45) is 5.73 Å². The lowest BCUT2D eigenvalue weighted by atomic mass is 10.1. The lowest BCUT2D eigenvalue weighted by molar-refractivity contribution is 0.1000. The van der Waals surface area contributed by atoms with Gasteiger partial charge >= 0.3 is 0 Å². The molecular formula is C12H12FN3O. The number of hydrogen-bond acceptors (Lipinski definition) is 2. The molecule has 0 unspecified atom stereocenters. The molecule has 0 radical (unpaired) electrons. The van der Waals surface area contributed by atoms with E-state index in [4.69, 9.17) is 5.73 Å². The predicted octanol–water partition coefficient (Wildman–Crippen LogP) is 1.47. The van der Waals surface area contributed by atoms with Crippen LogP contribution in [0.5, 0.6) is 0 Å². The van der Waals surface area contributed by atoms with Crippen LogP contribution in [0, 0.1) is 5.82 Å². The summed E-state index contributed by atoms with van der Waals surface area (Å²) in [6.45, 7) is 0.333. The zero-order chi connectivity index (χ0) is 12.3. The number of amides is 1. The number of hydrogen-bond donors (Lipinski definition) is 2. The molecule has 0 aliphatic carbocycles. The Balaban J connectivity index is 2.09. The first-order chi connectivity index (χ1) is 8.16. The number of nitrogens with two attached hydrogens (primary N) is 1. The van der Waals surface area contributed by atoms with Gasteiger partial charge in [-0.1, -0.05) is 6.07 Å². The Morgan fingerprint density at radius 3 is 2.65 bits per heavy atom. The molecule has 0 aliphatic heterocycles. The molecule has 0 atom stereocenters. The van der Waals surface area contributed by atoms with E-state index >= 15 is 0 Å². The van der Waals surface area contributed by atoms with Crippen LogP contribution in [0.25, 0.3) is 0 Å². The maximum Gasteiger partial charge on any atom is 0.248 e. The molecule has 0 fully saturated rings. The van der Waals surface area contributed by atoms with Crippen LogP contribution >= 0.6 is 0 Å². The number of halogens is 1. The number of carbonyl (C=O) groups is 1. The summed E-state index contributed by atoms with van der Waals surface area (Å²) in [5, 5.41) is 0. The smallest absolute Gasteiger partial charge is 0.248 e. The molecule has 0 spiro atoms. The highest BCUT2D eigenvalue weighted by atomic mass is 19.1. The second-order valence-electron chi connectivity index (χ2n) is 3.60. The van der Waals surface area contributed by atoms with Crippen LogP contribution in [0.1, 0.15) is 15.9 Å². The number of nitrogens with one attached hydrogen (secondary N) is 1. The van der Waals surface area contributed by atoms with Crippen molar-refractivity contribution in [3.05, 3.63) is 59.7 Å². The van der Waals surface area contributed by atoms with Gasteiger partial charge in [0, 0.05) is 23.5 Å². The van der Waals surface area contributed by atoms with E-state index < -0.39 is 11.7 Å². The van der Waals surface area contributed by atoms with Gasteiger partial charge in [0.05, 0.1) is 6.54 Å². The van der Waals surface area contributed by atoms with Crippen LogP contribution in [0.3, 0.4) is 0 Å². The molecule has 1 aromatic heterocycles. The molecule has 3 N–H and O–H groups in total.